The van der Waals surface area contributed by atoms with E-state index in [1.165, 1.54) is 14.2 Å². The molecule has 0 amide bonds. The summed E-state index contributed by atoms with van der Waals surface area (Å²) in [5, 5.41) is 22.7. The van der Waals surface area contributed by atoms with Gasteiger partial charge in [0.25, 0.3) is 11.6 Å². The normalized spacial score (nSPS) is 10.7. The Morgan fingerprint density at radius 1 is 1.13 bits per heavy atom. The van der Waals surface area contributed by atoms with Gasteiger partial charge in [-0.15, -0.1) is 5.11 Å². The molecule has 2 heterocycles. The van der Waals surface area contributed by atoms with Crippen LogP contribution in [0.25, 0.3) is 0 Å². The van der Waals surface area contributed by atoms with Crippen molar-refractivity contribution in [2.24, 2.45) is 10.3 Å². The number of hydrogen-bond donors (Lipinski definition) is 0. The molecule has 124 valence electrons. The van der Waals surface area contributed by atoms with Crippen molar-refractivity contribution in [2.75, 3.05) is 32.4 Å². The quantitative estimate of drug-likeness (QED) is 0.379. The number of carbonyl (C=O) groups is 1. The third kappa shape index (κ3) is 3.90. The summed E-state index contributed by atoms with van der Waals surface area (Å²) < 4.78 is 23.7. The molecule has 0 aliphatic carbocycles. The van der Waals surface area contributed by atoms with Gasteiger partial charge in [0.1, 0.15) is 6.54 Å². The Labute approximate surface area is 129 Å². The summed E-state index contributed by atoms with van der Waals surface area (Å²) in [6.07, 6.45) is 0. The van der Waals surface area contributed by atoms with Gasteiger partial charge in [0.05, 0.1) is 20.8 Å². The zero-order valence-corrected chi connectivity index (χ0v) is 12.5. The van der Waals surface area contributed by atoms with Gasteiger partial charge in [0.15, 0.2) is 0 Å². The van der Waals surface area contributed by atoms with Crippen LogP contribution in [-0.4, -0.2) is 54.0 Å². The van der Waals surface area contributed by atoms with E-state index < -0.39 is 5.97 Å². The highest BCUT2D eigenvalue weighted by atomic mass is 16.6. The molecule has 0 aromatic carbocycles. The highest BCUT2D eigenvalue weighted by Crippen LogP contribution is 2.26. The van der Waals surface area contributed by atoms with Gasteiger partial charge < -0.3 is 14.2 Å². The van der Waals surface area contributed by atoms with Crippen molar-refractivity contribution >= 4 is 17.6 Å². The number of rotatable bonds is 8. The summed E-state index contributed by atoms with van der Waals surface area (Å²) in [5.74, 6) is -0.535. The molecular formula is C10H13N7O6. The number of esters is 1. The van der Waals surface area contributed by atoms with E-state index in [0.29, 0.717) is 0 Å². The van der Waals surface area contributed by atoms with Gasteiger partial charge in [0, 0.05) is 0 Å². The third-order valence-electron chi connectivity index (χ3n) is 2.35. The lowest BCUT2D eigenvalue weighted by atomic mass is 10.5. The average Bonchev–Trinajstić information content (AvgIpc) is 3.19. The van der Waals surface area contributed by atoms with E-state index in [1.807, 2.05) is 0 Å². The molecule has 0 saturated carbocycles. The van der Waals surface area contributed by atoms with E-state index >= 15 is 0 Å². The van der Waals surface area contributed by atoms with Crippen molar-refractivity contribution < 1.29 is 28.3 Å². The van der Waals surface area contributed by atoms with E-state index in [2.05, 4.69) is 40.2 Å². The van der Waals surface area contributed by atoms with Gasteiger partial charge in [-0.3, -0.25) is 4.79 Å². The molecule has 23 heavy (non-hydrogen) atoms. The van der Waals surface area contributed by atoms with E-state index in [9.17, 15) is 4.79 Å². The molecular weight excluding hydrogens is 314 g/mol. The fourth-order valence-electron chi connectivity index (χ4n) is 1.40. The second kappa shape index (κ2) is 7.67. The molecule has 0 spiro atoms. The van der Waals surface area contributed by atoms with Gasteiger partial charge in [-0.1, -0.05) is 5.22 Å². The van der Waals surface area contributed by atoms with Crippen LogP contribution in [0.4, 0.5) is 11.6 Å². The molecule has 2 rings (SSSR count). The molecule has 0 bridgehead atoms. The lowest BCUT2D eigenvalue weighted by molar-refractivity contribution is -0.141. The molecule has 0 atom stereocenters. The lowest BCUT2D eigenvalue weighted by Crippen LogP contribution is -2.26. The summed E-state index contributed by atoms with van der Waals surface area (Å²) >= 11 is 0. The summed E-state index contributed by atoms with van der Waals surface area (Å²) in [5.41, 5.74) is 0. The third-order valence-corrected chi connectivity index (χ3v) is 2.35. The van der Waals surface area contributed by atoms with Crippen LogP contribution in [0, 0.1) is 0 Å². The van der Waals surface area contributed by atoms with Crippen molar-refractivity contribution in [3.63, 3.8) is 0 Å². The van der Waals surface area contributed by atoms with Crippen molar-refractivity contribution in [2.45, 2.75) is 6.92 Å². The maximum absolute atomic E-state index is 11.7. The second-order valence-corrected chi connectivity index (χ2v) is 3.75. The van der Waals surface area contributed by atoms with Crippen LogP contribution in [0.5, 0.6) is 11.8 Å². The van der Waals surface area contributed by atoms with E-state index in [4.69, 9.17) is 14.2 Å². The van der Waals surface area contributed by atoms with Crippen molar-refractivity contribution in [1.82, 2.24) is 20.6 Å². The number of ether oxygens (including phenoxy) is 3. The molecule has 0 N–H and O–H groups in total. The van der Waals surface area contributed by atoms with E-state index in [0.717, 1.165) is 5.01 Å². The van der Waals surface area contributed by atoms with Crippen LogP contribution < -0.4 is 14.5 Å². The minimum atomic E-state index is -0.568. The number of aromatic nitrogens is 4. The number of hydrogen-bond acceptors (Lipinski definition) is 12. The molecule has 0 saturated heterocycles. The average molecular weight is 327 g/mol. The van der Waals surface area contributed by atoms with Gasteiger partial charge in [0.2, 0.25) is 0 Å². The number of carbonyl (C=O) groups excluding carboxylic acids is 1. The van der Waals surface area contributed by atoms with Crippen molar-refractivity contribution in [3.8, 4) is 11.8 Å². The van der Waals surface area contributed by atoms with Crippen LogP contribution in [0.1, 0.15) is 6.92 Å². The Kier molecular flexibility index (Phi) is 5.38. The Morgan fingerprint density at radius 3 is 2.52 bits per heavy atom. The summed E-state index contributed by atoms with van der Waals surface area (Å²) in [6.45, 7) is 1.57. The van der Waals surface area contributed by atoms with Crippen LogP contribution in [0.15, 0.2) is 19.6 Å². The van der Waals surface area contributed by atoms with Crippen molar-refractivity contribution in [1.29, 1.82) is 0 Å². The molecule has 0 aliphatic rings. The van der Waals surface area contributed by atoms with Crippen LogP contribution in [-0.2, 0) is 9.53 Å². The molecule has 13 heteroatoms. The van der Waals surface area contributed by atoms with Crippen molar-refractivity contribution in [3.05, 3.63) is 0 Å². The molecule has 0 radical (unpaired) electrons. The number of methoxy groups -OCH3 is 2. The molecule has 0 aliphatic heterocycles. The van der Waals surface area contributed by atoms with Crippen LogP contribution in [0.3, 0.4) is 0 Å². The Bertz CT molecular complexity index is 668. The first-order chi connectivity index (χ1) is 11.2. The van der Waals surface area contributed by atoms with E-state index in [-0.39, 0.29) is 36.5 Å². The second-order valence-electron chi connectivity index (χ2n) is 3.75. The minimum Gasteiger partial charge on any atom is -0.476 e. The number of anilines is 1. The van der Waals surface area contributed by atoms with Crippen LogP contribution in [0.2, 0.25) is 0 Å². The molecule has 13 nitrogen and oxygen atoms in total. The maximum Gasteiger partial charge on any atom is 0.327 e. The standard InChI is InChI=1S/C10H13N7O6/c1-4-21-6(18)5-17(8-10(20-3)15-23-13-8)16-11-7-9(19-2)14-22-12-7/h4-5H2,1-3H3. The Morgan fingerprint density at radius 2 is 1.83 bits per heavy atom. The fourth-order valence-corrected chi connectivity index (χ4v) is 1.40. The van der Waals surface area contributed by atoms with E-state index in [1.54, 1.807) is 6.92 Å². The smallest absolute Gasteiger partial charge is 0.327 e. The first-order valence-electron chi connectivity index (χ1n) is 6.27. The highest BCUT2D eigenvalue weighted by Gasteiger charge is 2.22. The summed E-state index contributed by atoms with van der Waals surface area (Å²) in [7, 11) is 2.72. The molecule has 0 fully saturated rings. The minimum absolute atomic E-state index is 0.0125. The lowest BCUT2D eigenvalue weighted by Gasteiger charge is -2.12. The predicted molar refractivity (Wildman–Crippen MR) is 70.2 cm³/mol. The monoisotopic (exact) mass is 327 g/mol. The van der Waals surface area contributed by atoms with Gasteiger partial charge >= 0.3 is 17.7 Å². The number of nitrogens with zero attached hydrogens (tertiary/aromatic N) is 7. The highest BCUT2D eigenvalue weighted by molar-refractivity contribution is 5.75. The largest absolute Gasteiger partial charge is 0.476 e. The maximum atomic E-state index is 11.7. The first kappa shape index (κ1) is 16.1. The van der Waals surface area contributed by atoms with Crippen LogP contribution >= 0.6 is 0 Å². The topological polar surface area (TPSA) is 151 Å². The van der Waals surface area contributed by atoms with Gasteiger partial charge in [-0.25, -0.2) is 14.3 Å². The summed E-state index contributed by atoms with van der Waals surface area (Å²) in [6, 6.07) is 0. The zero-order valence-electron chi connectivity index (χ0n) is 12.5. The Hall–Kier alpha value is -3.25. The first-order valence-corrected chi connectivity index (χ1v) is 6.27. The van der Waals surface area contributed by atoms with Gasteiger partial charge in [-0.05, 0) is 27.6 Å². The predicted octanol–water partition coefficient (Wildman–Crippen LogP) is 0.538. The van der Waals surface area contributed by atoms with Gasteiger partial charge in [-0.2, -0.15) is 0 Å². The SMILES string of the molecule is CCOC(=O)CN(N=Nc1nonc1OC)c1nonc1OC. The zero-order chi connectivity index (χ0) is 16.7. The summed E-state index contributed by atoms with van der Waals surface area (Å²) in [4.78, 5) is 11.7. The Balaban J connectivity index is 2.24. The molecule has 0 unspecified atom stereocenters. The fraction of sp³-hybridized carbons (Fsp3) is 0.500. The molecule has 2 aromatic rings. The molecule has 2 aromatic heterocycles.